The molecule has 2 aliphatic rings. The molecule has 2 aliphatic carbocycles. The van der Waals surface area contributed by atoms with E-state index in [0.29, 0.717) is 18.7 Å². The molecule has 0 unspecified atom stereocenters. The molecule has 0 spiro atoms. The predicted octanol–water partition coefficient (Wildman–Crippen LogP) is 3.91. The van der Waals surface area contributed by atoms with E-state index in [2.05, 4.69) is 10.6 Å². The third-order valence-electron chi connectivity index (χ3n) is 5.42. The molecule has 0 saturated heterocycles. The van der Waals surface area contributed by atoms with Crippen molar-refractivity contribution in [1.82, 2.24) is 5.32 Å². The van der Waals surface area contributed by atoms with Gasteiger partial charge < -0.3 is 15.4 Å². The fourth-order valence-electron chi connectivity index (χ4n) is 3.98. The Morgan fingerprint density at radius 2 is 1.88 bits per heavy atom. The van der Waals surface area contributed by atoms with Gasteiger partial charge in [0.2, 0.25) is 5.91 Å². The van der Waals surface area contributed by atoms with Crippen LogP contribution in [0, 0.1) is 5.92 Å². The summed E-state index contributed by atoms with van der Waals surface area (Å²) in [6, 6.07) is 0. The zero-order chi connectivity index (χ0) is 18.4. The van der Waals surface area contributed by atoms with Crippen molar-refractivity contribution in [2.24, 2.45) is 5.92 Å². The summed E-state index contributed by atoms with van der Waals surface area (Å²) in [5, 5.41) is 6.87. The number of nitrogens with one attached hydrogen (secondary N) is 2. The van der Waals surface area contributed by atoms with E-state index < -0.39 is 0 Å². The highest BCUT2D eigenvalue weighted by Crippen LogP contribution is 2.38. The Morgan fingerprint density at radius 1 is 1.12 bits per heavy atom. The number of anilines is 1. The Labute approximate surface area is 159 Å². The number of carbonyl (C=O) groups is 2. The molecule has 144 valence electrons. The first-order valence-corrected chi connectivity index (χ1v) is 10.7. The summed E-state index contributed by atoms with van der Waals surface area (Å²) < 4.78 is 5.04. The van der Waals surface area contributed by atoms with E-state index in [0.717, 1.165) is 61.9 Å². The number of thiophene rings is 1. The van der Waals surface area contributed by atoms with Crippen LogP contribution in [-0.4, -0.2) is 32.1 Å². The smallest absolute Gasteiger partial charge is 0.254 e. The summed E-state index contributed by atoms with van der Waals surface area (Å²) in [6.45, 7) is 1.22. The zero-order valence-corrected chi connectivity index (χ0v) is 16.5. The summed E-state index contributed by atoms with van der Waals surface area (Å²) in [4.78, 5) is 26.8. The van der Waals surface area contributed by atoms with E-state index in [1.165, 1.54) is 17.7 Å². The van der Waals surface area contributed by atoms with Gasteiger partial charge in [0.15, 0.2) is 0 Å². The maximum absolute atomic E-state index is 12.8. The second-order valence-electron chi connectivity index (χ2n) is 7.34. The molecule has 2 amide bonds. The fourth-order valence-corrected chi connectivity index (χ4v) is 5.27. The third-order valence-corrected chi connectivity index (χ3v) is 6.63. The molecule has 2 N–H and O–H groups in total. The molecule has 0 radical (unpaired) electrons. The van der Waals surface area contributed by atoms with Gasteiger partial charge in [-0.25, -0.2) is 0 Å². The van der Waals surface area contributed by atoms with E-state index in [1.807, 2.05) is 0 Å². The van der Waals surface area contributed by atoms with E-state index >= 15 is 0 Å². The number of hydrogen-bond donors (Lipinski definition) is 2. The molecule has 0 aromatic carbocycles. The van der Waals surface area contributed by atoms with Crippen molar-refractivity contribution in [1.29, 1.82) is 0 Å². The molecule has 3 rings (SSSR count). The SMILES string of the molecule is COCCCNC(=O)c1c(NC(=O)C2CCCCC2)sc2c1CCCC2. The van der Waals surface area contributed by atoms with Gasteiger partial charge in [0.25, 0.3) is 5.91 Å². The van der Waals surface area contributed by atoms with Crippen molar-refractivity contribution in [3.63, 3.8) is 0 Å². The second kappa shape index (κ2) is 9.51. The number of rotatable bonds is 7. The maximum Gasteiger partial charge on any atom is 0.254 e. The first-order chi connectivity index (χ1) is 12.7. The van der Waals surface area contributed by atoms with Crippen LogP contribution in [0.15, 0.2) is 0 Å². The highest BCUT2D eigenvalue weighted by atomic mass is 32.1. The second-order valence-corrected chi connectivity index (χ2v) is 8.45. The number of carbonyl (C=O) groups excluding carboxylic acids is 2. The van der Waals surface area contributed by atoms with E-state index in [-0.39, 0.29) is 17.7 Å². The monoisotopic (exact) mass is 378 g/mol. The molecule has 6 heteroatoms. The van der Waals surface area contributed by atoms with Gasteiger partial charge in [0, 0.05) is 31.1 Å². The normalized spacial score (nSPS) is 17.6. The fraction of sp³-hybridized carbons (Fsp3) is 0.700. The topological polar surface area (TPSA) is 67.4 Å². The van der Waals surface area contributed by atoms with Crippen molar-refractivity contribution in [2.75, 3.05) is 25.6 Å². The van der Waals surface area contributed by atoms with E-state index in [9.17, 15) is 9.59 Å². The van der Waals surface area contributed by atoms with Gasteiger partial charge in [0.1, 0.15) is 5.00 Å². The molecule has 26 heavy (non-hydrogen) atoms. The van der Waals surface area contributed by atoms with Crippen molar-refractivity contribution < 1.29 is 14.3 Å². The number of fused-ring (bicyclic) bond motifs is 1. The average molecular weight is 379 g/mol. The first-order valence-electron chi connectivity index (χ1n) is 9.93. The molecular weight excluding hydrogens is 348 g/mol. The number of hydrogen-bond acceptors (Lipinski definition) is 4. The van der Waals surface area contributed by atoms with Crippen molar-refractivity contribution in [2.45, 2.75) is 64.2 Å². The molecule has 0 atom stereocenters. The lowest BCUT2D eigenvalue weighted by Crippen LogP contribution is -2.29. The van der Waals surface area contributed by atoms with Crippen LogP contribution < -0.4 is 10.6 Å². The van der Waals surface area contributed by atoms with Crippen molar-refractivity contribution in [3.8, 4) is 0 Å². The van der Waals surface area contributed by atoms with E-state index in [1.54, 1.807) is 18.4 Å². The highest BCUT2D eigenvalue weighted by molar-refractivity contribution is 7.17. The molecule has 1 heterocycles. The van der Waals surface area contributed by atoms with Crippen LogP contribution >= 0.6 is 11.3 Å². The standard InChI is InChI=1S/C20H30N2O3S/c1-25-13-7-12-21-19(24)17-15-10-5-6-11-16(15)26-20(17)22-18(23)14-8-3-2-4-9-14/h14H,2-13H2,1H3,(H,21,24)(H,22,23). The summed E-state index contributed by atoms with van der Waals surface area (Å²) in [6.07, 6.45) is 10.4. The molecular formula is C20H30N2O3S. The highest BCUT2D eigenvalue weighted by Gasteiger charge is 2.28. The van der Waals surface area contributed by atoms with Crippen LogP contribution in [0.1, 0.15) is 72.2 Å². The van der Waals surface area contributed by atoms with Crippen molar-refractivity contribution >= 4 is 28.2 Å². The number of ether oxygens (including phenoxy) is 1. The van der Waals surface area contributed by atoms with Gasteiger partial charge in [-0.15, -0.1) is 11.3 Å². The van der Waals surface area contributed by atoms with Crippen molar-refractivity contribution in [3.05, 3.63) is 16.0 Å². The minimum atomic E-state index is -0.0561. The van der Waals surface area contributed by atoms with Gasteiger partial charge in [-0.2, -0.15) is 0 Å². The lowest BCUT2D eigenvalue weighted by molar-refractivity contribution is -0.120. The molecule has 1 saturated carbocycles. The first kappa shape index (κ1) is 19.4. The third kappa shape index (κ3) is 4.65. The summed E-state index contributed by atoms with van der Waals surface area (Å²) in [5.74, 6) is 0.136. The van der Waals surface area contributed by atoms with Gasteiger partial charge in [-0.3, -0.25) is 9.59 Å². The lowest BCUT2D eigenvalue weighted by atomic mass is 9.88. The van der Waals surface area contributed by atoms with Crippen LogP contribution in [0.3, 0.4) is 0 Å². The Bertz CT molecular complexity index is 635. The Kier molecular flexibility index (Phi) is 7.08. The summed E-state index contributed by atoms with van der Waals surface area (Å²) in [7, 11) is 1.66. The van der Waals surface area contributed by atoms with E-state index in [4.69, 9.17) is 4.74 Å². The van der Waals surface area contributed by atoms with Gasteiger partial charge in [-0.1, -0.05) is 19.3 Å². The zero-order valence-electron chi connectivity index (χ0n) is 15.7. The minimum absolute atomic E-state index is 0.0561. The molecule has 1 fully saturated rings. The summed E-state index contributed by atoms with van der Waals surface area (Å²) >= 11 is 1.61. The van der Waals surface area contributed by atoms with Crippen LogP contribution in [0.25, 0.3) is 0 Å². The largest absolute Gasteiger partial charge is 0.385 e. The Morgan fingerprint density at radius 3 is 2.65 bits per heavy atom. The van der Waals surface area contributed by atoms with Gasteiger partial charge in [-0.05, 0) is 50.5 Å². The van der Waals surface area contributed by atoms with Crippen LogP contribution in [0.5, 0.6) is 0 Å². The van der Waals surface area contributed by atoms with Gasteiger partial charge in [0.05, 0.1) is 5.56 Å². The Balaban J connectivity index is 1.74. The minimum Gasteiger partial charge on any atom is -0.385 e. The summed E-state index contributed by atoms with van der Waals surface area (Å²) in [5.41, 5.74) is 1.87. The quantitative estimate of drug-likeness (QED) is 0.707. The Hall–Kier alpha value is -1.40. The van der Waals surface area contributed by atoms with Crippen LogP contribution in [-0.2, 0) is 22.4 Å². The number of amides is 2. The maximum atomic E-state index is 12.8. The molecule has 1 aromatic heterocycles. The molecule has 0 bridgehead atoms. The average Bonchev–Trinajstić information content (AvgIpc) is 3.03. The van der Waals surface area contributed by atoms with Crippen LogP contribution in [0.2, 0.25) is 0 Å². The molecule has 0 aliphatic heterocycles. The number of methoxy groups -OCH3 is 1. The van der Waals surface area contributed by atoms with Gasteiger partial charge >= 0.3 is 0 Å². The van der Waals surface area contributed by atoms with Crippen LogP contribution in [0.4, 0.5) is 5.00 Å². The molecule has 1 aromatic rings. The lowest BCUT2D eigenvalue weighted by Gasteiger charge is -2.20. The molecule has 5 nitrogen and oxygen atoms in total. The number of aryl methyl sites for hydroxylation is 1. The predicted molar refractivity (Wildman–Crippen MR) is 105 cm³/mol.